The van der Waals surface area contributed by atoms with E-state index in [0.717, 1.165) is 36.7 Å². The first kappa shape index (κ1) is 14.4. The minimum Gasteiger partial charge on any atom is -0.394 e. The fourth-order valence-corrected chi connectivity index (χ4v) is 2.54. The van der Waals surface area contributed by atoms with Crippen LogP contribution in [0.2, 0.25) is 0 Å². The lowest BCUT2D eigenvalue weighted by molar-refractivity contribution is 0.596. The molecule has 1 aromatic heterocycles. The molecule has 2 rings (SSSR count). The molecule has 0 aliphatic rings. The van der Waals surface area contributed by atoms with E-state index < -0.39 is 0 Å². The molecule has 108 valence electrons. The standard InChI is InChI=1S/C16H24N4/c1-5-11-20-16(15(17)13(4)18-20)19(6-2)14-10-8-7-9-12(14)3/h7-10H,5-6,11,17H2,1-4H3. The van der Waals surface area contributed by atoms with E-state index in [4.69, 9.17) is 5.73 Å². The molecule has 0 bridgehead atoms. The van der Waals surface area contributed by atoms with Crippen LogP contribution in [0.5, 0.6) is 0 Å². The molecule has 0 unspecified atom stereocenters. The minimum absolute atomic E-state index is 0.781. The van der Waals surface area contributed by atoms with E-state index in [0.29, 0.717) is 0 Å². The van der Waals surface area contributed by atoms with Crippen LogP contribution in [0.25, 0.3) is 0 Å². The number of hydrogen-bond acceptors (Lipinski definition) is 3. The fourth-order valence-electron chi connectivity index (χ4n) is 2.54. The molecule has 2 N–H and O–H groups in total. The molecule has 0 aliphatic carbocycles. The Labute approximate surface area is 121 Å². The van der Waals surface area contributed by atoms with Crippen molar-refractivity contribution in [3.63, 3.8) is 0 Å². The van der Waals surface area contributed by atoms with Crippen molar-refractivity contribution in [1.82, 2.24) is 9.78 Å². The number of nitrogens with zero attached hydrogens (tertiary/aromatic N) is 3. The molecule has 2 aromatic rings. The summed E-state index contributed by atoms with van der Waals surface area (Å²) >= 11 is 0. The zero-order valence-electron chi connectivity index (χ0n) is 12.8. The first-order valence-corrected chi connectivity index (χ1v) is 7.26. The van der Waals surface area contributed by atoms with Crippen LogP contribution in [-0.4, -0.2) is 16.3 Å². The van der Waals surface area contributed by atoms with Gasteiger partial charge in [0.15, 0.2) is 5.82 Å². The topological polar surface area (TPSA) is 47.1 Å². The first-order valence-electron chi connectivity index (χ1n) is 7.26. The van der Waals surface area contributed by atoms with Gasteiger partial charge in [-0.1, -0.05) is 25.1 Å². The average molecular weight is 272 g/mol. The molecular formula is C16H24N4. The molecule has 0 radical (unpaired) electrons. The zero-order valence-corrected chi connectivity index (χ0v) is 12.8. The quantitative estimate of drug-likeness (QED) is 0.903. The van der Waals surface area contributed by atoms with Crippen molar-refractivity contribution in [2.45, 2.75) is 40.7 Å². The van der Waals surface area contributed by atoms with Gasteiger partial charge in [-0.05, 0) is 38.8 Å². The molecule has 0 saturated carbocycles. The number of nitrogens with two attached hydrogens (primary N) is 1. The predicted molar refractivity (Wildman–Crippen MR) is 85.5 cm³/mol. The van der Waals surface area contributed by atoms with Crippen molar-refractivity contribution < 1.29 is 0 Å². The van der Waals surface area contributed by atoms with Crippen molar-refractivity contribution >= 4 is 17.2 Å². The number of anilines is 3. The highest BCUT2D eigenvalue weighted by molar-refractivity contribution is 5.74. The van der Waals surface area contributed by atoms with E-state index in [-0.39, 0.29) is 0 Å². The van der Waals surface area contributed by atoms with Gasteiger partial charge in [-0.2, -0.15) is 5.10 Å². The number of hydrogen-bond donors (Lipinski definition) is 1. The third-order valence-electron chi connectivity index (χ3n) is 3.56. The summed E-state index contributed by atoms with van der Waals surface area (Å²) in [5.74, 6) is 1.01. The van der Waals surface area contributed by atoms with Crippen LogP contribution in [0.1, 0.15) is 31.5 Å². The number of aromatic nitrogens is 2. The Morgan fingerprint density at radius 2 is 1.90 bits per heavy atom. The van der Waals surface area contributed by atoms with Crippen LogP contribution in [0.15, 0.2) is 24.3 Å². The van der Waals surface area contributed by atoms with Gasteiger partial charge in [-0.25, -0.2) is 4.68 Å². The SMILES string of the molecule is CCCn1nc(C)c(N)c1N(CC)c1ccccc1C. The summed E-state index contributed by atoms with van der Waals surface area (Å²) in [7, 11) is 0. The Morgan fingerprint density at radius 3 is 2.50 bits per heavy atom. The van der Waals surface area contributed by atoms with E-state index in [1.807, 2.05) is 11.6 Å². The van der Waals surface area contributed by atoms with Gasteiger partial charge in [0.05, 0.1) is 11.4 Å². The molecule has 20 heavy (non-hydrogen) atoms. The maximum absolute atomic E-state index is 6.27. The van der Waals surface area contributed by atoms with Gasteiger partial charge in [-0.3, -0.25) is 0 Å². The van der Waals surface area contributed by atoms with Gasteiger partial charge in [-0.15, -0.1) is 0 Å². The van der Waals surface area contributed by atoms with E-state index in [9.17, 15) is 0 Å². The van der Waals surface area contributed by atoms with Gasteiger partial charge in [0.2, 0.25) is 0 Å². The molecule has 0 spiro atoms. The molecule has 0 saturated heterocycles. The maximum Gasteiger partial charge on any atom is 0.155 e. The van der Waals surface area contributed by atoms with Gasteiger partial charge in [0, 0.05) is 18.8 Å². The molecule has 1 aromatic carbocycles. The molecule has 0 fully saturated rings. The fraction of sp³-hybridized carbons (Fsp3) is 0.438. The molecule has 0 atom stereocenters. The van der Waals surface area contributed by atoms with Gasteiger partial charge >= 0.3 is 0 Å². The summed E-state index contributed by atoms with van der Waals surface area (Å²) in [6.45, 7) is 10.1. The van der Waals surface area contributed by atoms with Crippen LogP contribution in [0.4, 0.5) is 17.2 Å². The van der Waals surface area contributed by atoms with Crippen molar-refractivity contribution in [3.05, 3.63) is 35.5 Å². The Morgan fingerprint density at radius 1 is 1.20 bits per heavy atom. The highest BCUT2D eigenvalue weighted by Gasteiger charge is 2.20. The smallest absolute Gasteiger partial charge is 0.155 e. The summed E-state index contributed by atoms with van der Waals surface area (Å²) in [4.78, 5) is 2.25. The molecule has 0 amide bonds. The van der Waals surface area contributed by atoms with Gasteiger partial charge in [0.1, 0.15) is 0 Å². The minimum atomic E-state index is 0.781. The molecular weight excluding hydrogens is 248 g/mol. The molecule has 1 heterocycles. The monoisotopic (exact) mass is 272 g/mol. The van der Waals surface area contributed by atoms with Crippen LogP contribution < -0.4 is 10.6 Å². The highest BCUT2D eigenvalue weighted by Crippen LogP contribution is 2.34. The summed E-state index contributed by atoms with van der Waals surface area (Å²) in [6, 6.07) is 8.39. The van der Waals surface area contributed by atoms with E-state index in [2.05, 4.69) is 55.0 Å². The molecule has 0 aliphatic heterocycles. The van der Waals surface area contributed by atoms with Crippen LogP contribution in [0.3, 0.4) is 0 Å². The second-order valence-electron chi connectivity index (χ2n) is 5.08. The first-order chi connectivity index (χ1) is 9.60. The molecule has 4 nitrogen and oxygen atoms in total. The Hall–Kier alpha value is -1.97. The Bertz CT molecular complexity index is 586. The number of para-hydroxylation sites is 1. The largest absolute Gasteiger partial charge is 0.394 e. The lowest BCUT2D eigenvalue weighted by Gasteiger charge is -2.26. The lowest BCUT2D eigenvalue weighted by Crippen LogP contribution is -2.22. The highest BCUT2D eigenvalue weighted by atomic mass is 15.4. The van der Waals surface area contributed by atoms with Crippen molar-refractivity contribution in [3.8, 4) is 0 Å². The van der Waals surface area contributed by atoms with E-state index >= 15 is 0 Å². The van der Waals surface area contributed by atoms with Crippen LogP contribution in [-0.2, 0) is 6.54 Å². The lowest BCUT2D eigenvalue weighted by atomic mass is 10.1. The van der Waals surface area contributed by atoms with Gasteiger partial charge < -0.3 is 10.6 Å². The summed E-state index contributed by atoms with van der Waals surface area (Å²) in [5.41, 5.74) is 10.4. The van der Waals surface area contributed by atoms with E-state index in [1.165, 1.54) is 11.3 Å². The summed E-state index contributed by atoms with van der Waals surface area (Å²) < 4.78 is 2.03. The number of nitrogen functional groups attached to an aromatic ring is 1. The summed E-state index contributed by atoms with van der Waals surface area (Å²) in [6.07, 6.45) is 1.04. The van der Waals surface area contributed by atoms with Crippen molar-refractivity contribution in [1.29, 1.82) is 0 Å². The zero-order chi connectivity index (χ0) is 14.7. The third kappa shape index (κ3) is 2.50. The third-order valence-corrected chi connectivity index (χ3v) is 3.56. The normalized spacial score (nSPS) is 10.8. The predicted octanol–water partition coefficient (Wildman–Crippen LogP) is 3.65. The summed E-state index contributed by atoms with van der Waals surface area (Å²) in [5, 5.41) is 4.57. The molecule has 4 heteroatoms. The number of aryl methyl sites for hydroxylation is 3. The Kier molecular flexibility index (Phi) is 4.32. The number of benzene rings is 1. The maximum atomic E-state index is 6.27. The van der Waals surface area contributed by atoms with Crippen molar-refractivity contribution in [2.24, 2.45) is 0 Å². The van der Waals surface area contributed by atoms with Crippen LogP contribution in [0, 0.1) is 13.8 Å². The second kappa shape index (κ2) is 5.99. The average Bonchev–Trinajstić information content (AvgIpc) is 2.70. The van der Waals surface area contributed by atoms with Crippen molar-refractivity contribution in [2.75, 3.05) is 17.2 Å². The van der Waals surface area contributed by atoms with Crippen LogP contribution >= 0.6 is 0 Å². The Balaban J connectivity index is 2.55. The number of rotatable bonds is 5. The van der Waals surface area contributed by atoms with Gasteiger partial charge in [0.25, 0.3) is 0 Å². The second-order valence-corrected chi connectivity index (χ2v) is 5.08. The van der Waals surface area contributed by atoms with E-state index in [1.54, 1.807) is 0 Å².